The maximum absolute atomic E-state index is 3.54. The number of rotatable bonds is 6. The van der Waals surface area contributed by atoms with E-state index in [0.717, 1.165) is 19.5 Å². The van der Waals surface area contributed by atoms with Crippen molar-refractivity contribution in [3.05, 3.63) is 19.2 Å². The van der Waals surface area contributed by atoms with E-state index in [1.54, 1.807) is 0 Å². The van der Waals surface area contributed by atoms with E-state index in [1.807, 2.05) is 11.3 Å². The molecule has 0 aliphatic carbocycles. The highest BCUT2D eigenvalue weighted by Gasteiger charge is 2.17. The van der Waals surface area contributed by atoms with Crippen LogP contribution in [0.4, 0.5) is 0 Å². The van der Waals surface area contributed by atoms with E-state index in [2.05, 4.69) is 64.0 Å². The molecule has 0 unspecified atom stereocenters. The summed E-state index contributed by atoms with van der Waals surface area (Å²) in [6.07, 6.45) is 2.38. The van der Waals surface area contributed by atoms with E-state index in [9.17, 15) is 0 Å². The number of halogens is 2. The molecule has 0 saturated carbocycles. The quantitative estimate of drug-likeness (QED) is 0.757. The fourth-order valence-corrected chi connectivity index (χ4v) is 3.70. The Morgan fingerprint density at radius 1 is 1.38 bits per heavy atom. The SMILES string of the molecule is CCNCC(C)(C)CCc1cc(Br)c(Br)s1. The maximum atomic E-state index is 3.54. The van der Waals surface area contributed by atoms with Crippen molar-refractivity contribution in [2.24, 2.45) is 5.41 Å². The monoisotopic (exact) mass is 367 g/mol. The summed E-state index contributed by atoms with van der Waals surface area (Å²) < 4.78 is 2.38. The van der Waals surface area contributed by atoms with Gasteiger partial charge in [-0.25, -0.2) is 0 Å². The van der Waals surface area contributed by atoms with E-state index in [4.69, 9.17) is 0 Å². The minimum atomic E-state index is 0.374. The van der Waals surface area contributed by atoms with Gasteiger partial charge in [-0.3, -0.25) is 0 Å². The Hall–Kier alpha value is 0.620. The first-order valence-corrected chi connectivity index (χ1v) is 7.99. The minimum absolute atomic E-state index is 0.374. The highest BCUT2D eigenvalue weighted by Crippen LogP contribution is 2.34. The zero-order valence-corrected chi connectivity index (χ0v) is 14.1. The largest absolute Gasteiger partial charge is 0.316 e. The predicted molar refractivity (Wildman–Crippen MR) is 80.4 cm³/mol. The Labute approximate surface area is 119 Å². The van der Waals surface area contributed by atoms with Crippen molar-refractivity contribution < 1.29 is 0 Å². The molecule has 0 saturated heterocycles. The van der Waals surface area contributed by atoms with Gasteiger partial charge in [-0.05, 0) is 62.7 Å². The van der Waals surface area contributed by atoms with Crippen molar-refractivity contribution in [2.75, 3.05) is 13.1 Å². The van der Waals surface area contributed by atoms with Gasteiger partial charge < -0.3 is 5.32 Å². The average molecular weight is 369 g/mol. The summed E-state index contributed by atoms with van der Waals surface area (Å²) in [7, 11) is 0. The Bertz CT molecular complexity index is 314. The molecule has 0 amide bonds. The number of nitrogens with one attached hydrogen (secondary N) is 1. The fourth-order valence-electron chi connectivity index (χ4n) is 1.53. The van der Waals surface area contributed by atoms with Gasteiger partial charge in [-0.2, -0.15) is 0 Å². The zero-order chi connectivity index (χ0) is 12.2. The standard InChI is InChI=1S/C12H19Br2NS/c1-4-15-8-12(2,3)6-5-9-7-10(13)11(14)16-9/h7,15H,4-6,8H2,1-3H3. The van der Waals surface area contributed by atoms with Crippen LogP contribution in [0.5, 0.6) is 0 Å². The van der Waals surface area contributed by atoms with E-state index in [1.165, 1.54) is 19.6 Å². The highest BCUT2D eigenvalue weighted by molar-refractivity contribution is 9.13. The summed E-state index contributed by atoms with van der Waals surface area (Å²) in [4.78, 5) is 1.45. The topological polar surface area (TPSA) is 12.0 Å². The molecular weight excluding hydrogens is 350 g/mol. The molecule has 1 nitrogen and oxygen atoms in total. The Balaban J connectivity index is 2.44. The molecule has 0 bridgehead atoms. The first-order chi connectivity index (χ1) is 7.44. The van der Waals surface area contributed by atoms with Crippen LogP contribution in [0.1, 0.15) is 32.1 Å². The zero-order valence-electron chi connectivity index (χ0n) is 10.1. The molecule has 0 radical (unpaired) electrons. The van der Waals surface area contributed by atoms with Gasteiger partial charge in [0.1, 0.15) is 0 Å². The molecule has 92 valence electrons. The second-order valence-electron chi connectivity index (χ2n) is 4.78. The van der Waals surface area contributed by atoms with Gasteiger partial charge in [0.05, 0.1) is 3.79 Å². The minimum Gasteiger partial charge on any atom is -0.316 e. The summed E-state index contributed by atoms with van der Waals surface area (Å²) in [5.74, 6) is 0. The fraction of sp³-hybridized carbons (Fsp3) is 0.667. The van der Waals surface area contributed by atoms with Crippen LogP contribution >= 0.6 is 43.2 Å². The third-order valence-electron chi connectivity index (χ3n) is 2.60. The van der Waals surface area contributed by atoms with E-state index >= 15 is 0 Å². The lowest BCUT2D eigenvalue weighted by Crippen LogP contribution is -2.29. The first kappa shape index (κ1) is 14.7. The van der Waals surface area contributed by atoms with Crippen LogP contribution in [0.15, 0.2) is 14.3 Å². The summed E-state index contributed by atoms with van der Waals surface area (Å²) in [5.41, 5.74) is 0.374. The van der Waals surface area contributed by atoms with Crippen LogP contribution in [0.2, 0.25) is 0 Å². The molecule has 0 aromatic carbocycles. The van der Waals surface area contributed by atoms with Crippen LogP contribution in [-0.4, -0.2) is 13.1 Å². The van der Waals surface area contributed by atoms with Crippen LogP contribution in [0.25, 0.3) is 0 Å². The first-order valence-electron chi connectivity index (χ1n) is 5.59. The van der Waals surface area contributed by atoms with Crippen LogP contribution in [0, 0.1) is 5.41 Å². The molecule has 0 aliphatic heterocycles. The third kappa shape index (κ3) is 4.86. The van der Waals surface area contributed by atoms with Gasteiger partial charge in [0.25, 0.3) is 0 Å². The summed E-state index contributed by atoms with van der Waals surface area (Å²) >= 11 is 8.90. The number of thiophene rings is 1. The van der Waals surface area contributed by atoms with Crippen molar-refractivity contribution in [3.8, 4) is 0 Å². The molecule has 1 aromatic heterocycles. The molecule has 0 aliphatic rings. The van der Waals surface area contributed by atoms with Gasteiger partial charge in [0.15, 0.2) is 0 Å². The predicted octanol–water partition coefficient (Wildman–Crippen LogP) is 4.84. The Morgan fingerprint density at radius 2 is 2.06 bits per heavy atom. The third-order valence-corrected chi connectivity index (χ3v) is 5.91. The highest BCUT2D eigenvalue weighted by atomic mass is 79.9. The molecule has 4 heteroatoms. The molecule has 1 aromatic rings. The molecule has 16 heavy (non-hydrogen) atoms. The van der Waals surface area contributed by atoms with Crippen LogP contribution in [-0.2, 0) is 6.42 Å². The smallest absolute Gasteiger partial charge is 0.0843 e. The molecule has 0 atom stereocenters. The second-order valence-corrected chi connectivity index (χ2v) is 8.09. The van der Waals surface area contributed by atoms with E-state index < -0.39 is 0 Å². The lowest BCUT2D eigenvalue weighted by molar-refractivity contribution is 0.318. The maximum Gasteiger partial charge on any atom is 0.0843 e. The van der Waals surface area contributed by atoms with Crippen molar-refractivity contribution in [2.45, 2.75) is 33.6 Å². The number of aryl methyl sites for hydroxylation is 1. The van der Waals surface area contributed by atoms with E-state index in [0.29, 0.717) is 5.41 Å². The summed E-state index contributed by atoms with van der Waals surface area (Å²) in [6, 6.07) is 2.22. The van der Waals surface area contributed by atoms with Gasteiger partial charge in [-0.1, -0.05) is 20.8 Å². The molecule has 1 heterocycles. The molecule has 1 N–H and O–H groups in total. The van der Waals surface area contributed by atoms with Crippen molar-refractivity contribution >= 4 is 43.2 Å². The van der Waals surface area contributed by atoms with Gasteiger partial charge >= 0.3 is 0 Å². The van der Waals surface area contributed by atoms with Crippen molar-refractivity contribution in [1.29, 1.82) is 0 Å². The number of hydrogen-bond donors (Lipinski definition) is 1. The van der Waals surface area contributed by atoms with E-state index in [-0.39, 0.29) is 0 Å². The van der Waals surface area contributed by atoms with Gasteiger partial charge in [0, 0.05) is 15.9 Å². The van der Waals surface area contributed by atoms with Gasteiger partial charge in [0.2, 0.25) is 0 Å². The van der Waals surface area contributed by atoms with Crippen LogP contribution < -0.4 is 5.32 Å². The normalized spacial score (nSPS) is 12.1. The molecular formula is C12H19Br2NS. The second kappa shape index (κ2) is 6.53. The van der Waals surface area contributed by atoms with Crippen LogP contribution in [0.3, 0.4) is 0 Å². The molecule has 1 rings (SSSR count). The number of hydrogen-bond acceptors (Lipinski definition) is 2. The average Bonchev–Trinajstić information content (AvgIpc) is 2.53. The van der Waals surface area contributed by atoms with Crippen molar-refractivity contribution in [1.82, 2.24) is 5.32 Å². The molecule has 0 spiro atoms. The summed E-state index contributed by atoms with van der Waals surface area (Å²) in [5, 5.41) is 3.43. The summed E-state index contributed by atoms with van der Waals surface area (Å²) in [6.45, 7) is 8.96. The van der Waals surface area contributed by atoms with Gasteiger partial charge in [-0.15, -0.1) is 11.3 Å². The van der Waals surface area contributed by atoms with Crippen molar-refractivity contribution in [3.63, 3.8) is 0 Å². The Kier molecular flexibility index (Phi) is 5.99. The Morgan fingerprint density at radius 3 is 2.56 bits per heavy atom. The lowest BCUT2D eigenvalue weighted by Gasteiger charge is -2.24. The molecule has 0 fully saturated rings. The lowest BCUT2D eigenvalue weighted by atomic mass is 9.87.